The van der Waals surface area contributed by atoms with E-state index in [-0.39, 0.29) is 0 Å². The fraction of sp³-hybridized carbons (Fsp3) is 0.923. The van der Waals surface area contributed by atoms with E-state index in [1.54, 1.807) is 7.11 Å². The van der Waals surface area contributed by atoms with Crippen molar-refractivity contribution < 1.29 is 4.74 Å². The number of methoxy groups -OCH3 is 1. The largest absolute Gasteiger partial charge is 0.379 e. The molecule has 0 spiro atoms. The van der Waals surface area contributed by atoms with Crippen LogP contribution in [0.3, 0.4) is 0 Å². The molecule has 0 aromatic heterocycles. The molecule has 2 atom stereocenters. The van der Waals surface area contributed by atoms with Gasteiger partial charge in [0.15, 0.2) is 5.11 Å². The van der Waals surface area contributed by atoms with E-state index in [0.29, 0.717) is 18.2 Å². The van der Waals surface area contributed by atoms with Crippen molar-refractivity contribution in [2.45, 2.75) is 69.6 Å². The molecule has 2 aliphatic rings. The quantitative estimate of drug-likeness (QED) is 0.760. The van der Waals surface area contributed by atoms with Crippen molar-refractivity contribution in [3.63, 3.8) is 0 Å². The van der Waals surface area contributed by atoms with Crippen molar-refractivity contribution in [3.8, 4) is 0 Å². The molecule has 98 valence electrons. The summed E-state index contributed by atoms with van der Waals surface area (Å²) in [4.78, 5) is 0. The minimum atomic E-state index is 0.334. The Morgan fingerprint density at radius 1 is 1.00 bits per heavy atom. The second kappa shape index (κ2) is 6.55. The highest BCUT2D eigenvalue weighted by Gasteiger charge is 2.27. The highest BCUT2D eigenvalue weighted by molar-refractivity contribution is 7.80. The van der Waals surface area contributed by atoms with Gasteiger partial charge in [0.25, 0.3) is 0 Å². The molecule has 0 aromatic carbocycles. The number of rotatable bonds is 3. The zero-order valence-electron chi connectivity index (χ0n) is 10.7. The number of thiocarbonyl (C=S) groups is 1. The average Bonchev–Trinajstić information content (AvgIpc) is 2.77. The summed E-state index contributed by atoms with van der Waals surface area (Å²) in [6.07, 6.45) is 10.5. The van der Waals surface area contributed by atoms with Gasteiger partial charge in [0.1, 0.15) is 0 Å². The van der Waals surface area contributed by atoms with Gasteiger partial charge in [-0.2, -0.15) is 0 Å². The Balaban J connectivity index is 1.72. The lowest BCUT2D eigenvalue weighted by molar-refractivity contribution is 0.0906. The maximum atomic E-state index is 5.46. The molecule has 0 heterocycles. The molecule has 0 radical (unpaired) electrons. The SMILES string of the molecule is COC1CCCC1NC(=S)NC1CCCCC1. The molecule has 2 saturated carbocycles. The average molecular weight is 256 g/mol. The molecule has 0 aliphatic heterocycles. The summed E-state index contributed by atoms with van der Waals surface area (Å²) in [6, 6.07) is 0.995. The van der Waals surface area contributed by atoms with Gasteiger partial charge < -0.3 is 15.4 Å². The Bertz CT molecular complexity index is 254. The van der Waals surface area contributed by atoms with Gasteiger partial charge in [-0.1, -0.05) is 19.3 Å². The first-order chi connectivity index (χ1) is 8.29. The third kappa shape index (κ3) is 3.81. The summed E-state index contributed by atoms with van der Waals surface area (Å²) < 4.78 is 5.46. The summed E-state index contributed by atoms with van der Waals surface area (Å²) in [7, 11) is 1.79. The Hall–Kier alpha value is -0.350. The van der Waals surface area contributed by atoms with Crippen LogP contribution in [0.4, 0.5) is 0 Å². The van der Waals surface area contributed by atoms with Crippen LogP contribution in [-0.2, 0) is 4.74 Å². The summed E-state index contributed by atoms with van der Waals surface area (Å²) in [6.45, 7) is 0. The number of hydrogen-bond acceptors (Lipinski definition) is 2. The Morgan fingerprint density at radius 2 is 1.76 bits per heavy atom. The second-order valence-electron chi connectivity index (χ2n) is 5.26. The van der Waals surface area contributed by atoms with Crippen molar-refractivity contribution in [1.29, 1.82) is 0 Å². The topological polar surface area (TPSA) is 33.3 Å². The normalized spacial score (nSPS) is 30.2. The van der Waals surface area contributed by atoms with Crippen LogP contribution in [-0.4, -0.2) is 30.4 Å². The van der Waals surface area contributed by atoms with E-state index >= 15 is 0 Å². The van der Waals surface area contributed by atoms with E-state index in [2.05, 4.69) is 10.6 Å². The highest BCUT2D eigenvalue weighted by Crippen LogP contribution is 2.22. The molecule has 2 unspecified atom stereocenters. The fourth-order valence-corrected chi connectivity index (χ4v) is 3.33. The molecule has 2 rings (SSSR count). The zero-order valence-corrected chi connectivity index (χ0v) is 11.5. The lowest BCUT2D eigenvalue weighted by atomic mass is 9.96. The molecule has 2 aliphatic carbocycles. The van der Waals surface area contributed by atoms with Crippen molar-refractivity contribution in [2.75, 3.05) is 7.11 Å². The smallest absolute Gasteiger partial charge is 0.166 e. The van der Waals surface area contributed by atoms with Gasteiger partial charge in [-0.3, -0.25) is 0 Å². The lowest BCUT2D eigenvalue weighted by Gasteiger charge is -2.27. The van der Waals surface area contributed by atoms with E-state index in [1.165, 1.54) is 44.9 Å². The van der Waals surface area contributed by atoms with Crippen LogP contribution in [0.2, 0.25) is 0 Å². The molecular weight excluding hydrogens is 232 g/mol. The van der Waals surface area contributed by atoms with Crippen LogP contribution in [0.1, 0.15) is 51.4 Å². The summed E-state index contributed by atoms with van der Waals surface area (Å²) in [5, 5.41) is 7.70. The minimum absolute atomic E-state index is 0.334. The third-order valence-corrected chi connectivity index (χ3v) is 4.25. The monoisotopic (exact) mass is 256 g/mol. The molecule has 4 heteroatoms. The van der Waals surface area contributed by atoms with Crippen molar-refractivity contribution in [1.82, 2.24) is 10.6 Å². The minimum Gasteiger partial charge on any atom is -0.379 e. The molecule has 0 bridgehead atoms. The van der Waals surface area contributed by atoms with Crippen LogP contribution in [0.25, 0.3) is 0 Å². The van der Waals surface area contributed by atoms with E-state index in [9.17, 15) is 0 Å². The van der Waals surface area contributed by atoms with Gasteiger partial charge in [0.2, 0.25) is 0 Å². The van der Waals surface area contributed by atoms with Crippen LogP contribution in [0, 0.1) is 0 Å². The number of hydrogen-bond donors (Lipinski definition) is 2. The zero-order chi connectivity index (χ0) is 12.1. The van der Waals surface area contributed by atoms with E-state index in [4.69, 9.17) is 17.0 Å². The van der Waals surface area contributed by atoms with Crippen molar-refractivity contribution >= 4 is 17.3 Å². The van der Waals surface area contributed by atoms with Gasteiger partial charge in [-0.25, -0.2) is 0 Å². The predicted molar refractivity (Wildman–Crippen MR) is 74.2 cm³/mol. The van der Waals surface area contributed by atoms with Crippen molar-refractivity contribution in [2.24, 2.45) is 0 Å². The Labute approximate surface area is 110 Å². The lowest BCUT2D eigenvalue weighted by Crippen LogP contribution is -2.49. The van der Waals surface area contributed by atoms with Gasteiger partial charge in [-0.15, -0.1) is 0 Å². The van der Waals surface area contributed by atoms with Gasteiger partial charge in [0.05, 0.1) is 12.1 Å². The van der Waals surface area contributed by atoms with Gasteiger partial charge in [-0.05, 0) is 44.3 Å². The first kappa shape index (κ1) is 13.1. The maximum absolute atomic E-state index is 5.46. The highest BCUT2D eigenvalue weighted by atomic mass is 32.1. The summed E-state index contributed by atoms with van der Waals surface area (Å²) >= 11 is 5.39. The van der Waals surface area contributed by atoms with Crippen LogP contribution < -0.4 is 10.6 Å². The molecule has 0 saturated heterocycles. The van der Waals surface area contributed by atoms with Crippen LogP contribution in [0.5, 0.6) is 0 Å². The van der Waals surface area contributed by atoms with Crippen molar-refractivity contribution in [3.05, 3.63) is 0 Å². The van der Waals surface area contributed by atoms with E-state index in [1.807, 2.05) is 0 Å². The van der Waals surface area contributed by atoms with E-state index < -0.39 is 0 Å². The fourth-order valence-electron chi connectivity index (χ4n) is 3.02. The van der Waals surface area contributed by atoms with Crippen LogP contribution >= 0.6 is 12.2 Å². The molecule has 2 N–H and O–H groups in total. The molecular formula is C13H24N2OS. The maximum Gasteiger partial charge on any atom is 0.166 e. The Kier molecular flexibility index (Phi) is 5.04. The molecule has 3 nitrogen and oxygen atoms in total. The van der Waals surface area contributed by atoms with Gasteiger partial charge >= 0.3 is 0 Å². The number of nitrogens with one attached hydrogen (secondary N) is 2. The molecule has 2 fully saturated rings. The first-order valence-corrected chi connectivity index (χ1v) is 7.30. The van der Waals surface area contributed by atoms with Crippen LogP contribution in [0.15, 0.2) is 0 Å². The standard InChI is InChI=1S/C13H24N2OS/c1-16-12-9-5-8-11(12)15-13(17)14-10-6-3-2-4-7-10/h10-12H,2-9H2,1H3,(H2,14,15,17). The van der Waals surface area contributed by atoms with Gasteiger partial charge in [0, 0.05) is 13.2 Å². The molecule has 0 aromatic rings. The second-order valence-corrected chi connectivity index (χ2v) is 5.67. The predicted octanol–water partition coefficient (Wildman–Crippen LogP) is 2.35. The summed E-state index contributed by atoms with van der Waals surface area (Å²) in [5.41, 5.74) is 0. The number of ether oxygens (including phenoxy) is 1. The Morgan fingerprint density at radius 3 is 2.47 bits per heavy atom. The molecule has 17 heavy (non-hydrogen) atoms. The molecule has 0 amide bonds. The van der Waals surface area contributed by atoms with E-state index in [0.717, 1.165) is 11.5 Å². The first-order valence-electron chi connectivity index (χ1n) is 6.89. The summed E-state index contributed by atoms with van der Waals surface area (Å²) in [5.74, 6) is 0. The third-order valence-electron chi connectivity index (χ3n) is 4.01.